The number of rotatable bonds is 3. The second kappa shape index (κ2) is 5.18. The molecule has 0 fully saturated rings. The van der Waals surface area contributed by atoms with E-state index in [1.807, 2.05) is 0 Å². The number of hydrogen-bond acceptors (Lipinski definition) is 0. The molecule has 12 heavy (non-hydrogen) atoms. The van der Waals surface area contributed by atoms with E-state index in [-0.39, 0.29) is 0 Å². The SMILES string of the molecule is CC(C)=CC[Se]c1ccccc1. The van der Waals surface area contributed by atoms with Gasteiger partial charge >= 0.3 is 80.6 Å². The van der Waals surface area contributed by atoms with E-state index in [1.54, 1.807) is 0 Å². The van der Waals surface area contributed by atoms with E-state index in [4.69, 9.17) is 0 Å². The quantitative estimate of drug-likeness (QED) is 0.547. The minimum atomic E-state index is 0.624. The van der Waals surface area contributed by atoms with Gasteiger partial charge in [0.1, 0.15) is 0 Å². The molecule has 0 nitrogen and oxygen atoms in total. The topological polar surface area (TPSA) is 0 Å². The van der Waals surface area contributed by atoms with Crippen molar-refractivity contribution >= 4 is 19.4 Å². The number of benzene rings is 1. The van der Waals surface area contributed by atoms with E-state index in [1.165, 1.54) is 15.4 Å². The molecule has 0 atom stereocenters. The molecule has 0 unspecified atom stereocenters. The average Bonchev–Trinajstić information content (AvgIpc) is 2.05. The fourth-order valence-corrected chi connectivity index (χ4v) is 2.83. The first-order valence-corrected chi connectivity index (χ1v) is 6.17. The standard InChI is InChI=1S/C11H14Se/c1-10(2)8-9-12-11-6-4-3-5-7-11/h3-8H,9H2,1-2H3. The molecule has 0 N–H and O–H groups in total. The Bertz CT molecular complexity index is 245. The zero-order valence-corrected chi connectivity index (χ0v) is 9.29. The summed E-state index contributed by atoms with van der Waals surface area (Å²) in [6.07, 6.45) is 2.31. The second-order valence-electron chi connectivity index (χ2n) is 2.91. The molecule has 0 radical (unpaired) electrons. The molecule has 1 aromatic carbocycles. The molecule has 0 aliphatic carbocycles. The van der Waals surface area contributed by atoms with Gasteiger partial charge in [-0.3, -0.25) is 0 Å². The number of allylic oxidation sites excluding steroid dienone is 2. The predicted molar refractivity (Wildman–Crippen MR) is 56.1 cm³/mol. The Labute approximate surface area is 80.8 Å². The molecule has 0 amide bonds. The van der Waals surface area contributed by atoms with Crippen LogP contribution in [0.15, 0.2) is 42.0 Å². The Balaban J connectivity index is 2.39. The maximum atomic E-state index is 2.31. The van der Waals surface area contributed by atoms with Crippen molar-refractivity contribution in [1.82, 2.24) is 0 Å². The third kappa shape index (κ3) is 3.75. The summed E-state index contributed by atoms with van der Waals surface area (Å²) < 4.78 is 1.49. The molecular formula is C11H14Se. The van der Waals surface area contributed by atoms with E-state index < -0.39 is 0 Å². The van der Waals surface area contributed by atoms with Crippen LogP contribution in [-0.4, -0.2) is 15.0 Å². The van der Waals surface area contributed by atoms with Gasteiger partial charge in [0.15, 0.2) is 0 Å². The van der Waals surface area contributed by atoms with Gasteiger partial charge in [-0.2, -0.15) is 0 Å². The molecule has 1 rings (SSSR count). The Morgan fingerprint density at radius 3 is 2.50 bits per heavy atom. The molecule has 0 aliphatic heterocycles. The molecule has 0 heterocycles. The third-order valence-electron chi connectivity index (χ3n) is 1.48. The van der Waals surface area contributed by atoms with Crippen molar-refractivity contribution in [3.8, 4) is 0 Å². The first kappa shape index (κ1) is 9.57. The van der Waals surface area contributed by atoms with Crippen molar-refractivity contribution < 1.29 is 0 Å². The van der Waals surface area contributed by atoms with Crippen LogP contribution in [0, 0.1) is 0 Å². The third-order valence-corrected chi connectivity index (χ3v) is 3.45. The summed E-state index contributed by atoms with van der Waals surface area (Å²) in [5, 5.41) is 1.22. The van der Waals surface area contributed by atoms with E-state index in [0.717, 1.165) is 0 Å². The van der Waals surface area contributed by atoms with E-state index in [0.29, 0.717) is 15.0 Å². The van der Waals surface area contributed by atoms with Gasteiger partial charge in [-0.15, -0.1) is 0 Å². The molecule has 1 aromatic rings. The summed E-state index contributed by atoms with van der Waals surface area (Å²) in [6, 6.07) is 10.7. The van der Waals surface area contributed by atoms with Crippen LogP contribution >= 0.6 is 0 Å². The van der Waals surface area contributed by atoms with Crippen molar-refractivity contribution in [3.63, 3.8) is 0 Å². The van der Waals surface area contributed by atoms with Crippen molar-refractivity contribution in [2.75, 3.05) is 0 Å². The summed E-state index contributed by atoms with van der Waals surface area (Å²) in [7, 11) is 0. The van der Waals surface area contributed by atoms with E-state index in [2.05, 4.69) is 50.3 Å². The molecular weight excluding hydrogens is 211 g/mol. The van der Waals surface area contributed by atoms with Crippen LogP contribution in [0.2, 0.25) is 5.32 Å². The van der Waals surface area contributed by atoms with Crippen LogP contribution in [0.1, 0.15) is 13.8 Å². The van der Waals surface area contributed by atoms with Gasteiger partial charge in [-0.05, 0) is 0 Å². The fraction of sp³-hybridized carbons (Fsp3) is 0.273. The fourth-order valence-electron chi connectivity index (χ4n) is 0.821. The molecule has 1 heteroatoms. The van der Waals surface area contributed by atoms with Crippen molar-refractivity contribution in [1.29, 1.82) is 0 Å². The van der Waals surface area contributed by atoms with E-state index >= 15 is 0 Å². The molecule has 0 saturated carbocycles. The van der Waals surface area contributed by atoms with Crippen LogP contribution in [0.4, 0.5) is 0 Å². The van der Waals surface area contributed by atoms with Gasteiger partial charge in [0.05, 0.1) is 0 Å². The summed E-state index contributed by atoms with van der Waals surface area (Å²) in [6.45, 7) is 4.31. The average molecular weight is 225 g/mol. The predicted octanol–water partition coefficient (Wildman–Crippen LogP) is 2.40. The van der Waals surface area contributed by atoms with Crippen LogP contribution in [-0.2, 0) is 0 Å². The summed E-state index contributed by atoms with van der Waals surface area (Å²) in [5.41, 5.74) is 1.42. The van der Waals surface area contributed by atoms with Crippen molar-refractivity contribution in [2.24, 2.45) is 0 Å². The monoisotopic (exact) mass is 226 g/mol. The van der Waals surface area contributed by atoms with Crippen LogP contribution < -0.4 is 4.46 Å². The summed E-state index contributed by atoms with van der Waals surface area (Å²) in [4.78, 5) is 0. The first-order chi connectivity index (χ1) is 5.79. The normalized spacial score (nSPS) is 9.50. The zero-order valence-electron chi connectivity index (χ0n) is 7.58. The molecule has 0 bridgehead atoms. The Morgan fingerprint density at radius 1 is 1.25 bits per heavy atom. The van der Waals surface area contributed by atoms with Crippen LogP contribution in [0.3, 0.4) is 0 Å². The second-order valence-corrected chi connectivity index (χ2v) is 5.20. The molecule has 0 aliphatic rings. The minimum absolute atomic E-state index is 0.624. The van der Waals surface area contributed by atoms with Crippen molar-refractivity contribution in [3.05, 3.63) is 42.0 Å². The zero-order chi connectivity index (χ0) is 8.81. The Kier molecular flexibility index (Phi) is 4.13. The van der Waals surface area contributed by atoms with Crippen LogP contribution in [0.5, 0.6) is 0 Å². The molecule has 64 valence electrons. The van der Waals surface area contributed by atoms with Crippen LogP contribution in [0.25, 0.3) is 0 Å². The van der Waals surface area contributed by atoms with E-state index in [9.17, 15) is 0 Å². The first-order valence-electron chi connectivity index (χ1n) is 4.10. The van der Waals surface area contributed by atoms with Gasteiger partial charge in [-0.25, -0.2) is 0 Å². The molecule has 0 aromatic heterocycles. The number of hydrogen-bond donors (Lipinski definition) is 0. The maximum absolute atomic E-state index is 2.31. The summed E-state index contributed by atoms with van der Waals surface area (Å²) in [5.74, 6) is 0. The Morgan fingerprint density at radius 2 is 1.92 bits per heavy atom. The van der Waals surface area contributed by atoms with Crippen molar-refractivity contribution in [2.45, 2.75) is 19.2 Å². The Hall–Kier alpha value is -0.521. The van der Waals surface area contributed by atoms with Gasteiger partial charge in [0, 0.05) is 0 Å². The molecule has 0 saturated heterocycles. The molecule has 0 spiro atoms. The summed E-state index contributed by atoms with van der Waals surface area (Å²) >= 11 is 0.624. The van der Waals surface area contributed by atoms with Gasteiger partial charge in [0.2, 0.25) is 0 Å². The van der Waals surface area contributed by atoms with Gasteiger partial charge < -0.3 is 0 Å². The van der Waals surface area contributed by atoms with Gasteiger partial charge in [-0.1, -0.05) is 0 Å². The van der Waals surface area contributed by atoms with Gasteiger partial charge in [0.25, 0.3) is 0 Å².